The van der Waals surface area contributed by atoms with Gasteiger partial charge in [-0.15, -0.1) is 12.4 Å². The number of benzene rings is 4. The molecule has 0 unspecified atom stereocenters. The Kier molecular flexibility index (Phi) is 13.6. The number of hydrogen-bond donors (Lipinski definition) is 2. The minimum absolute atomic E-state index is 0. The van der Waals surface area contributed by atoms with Crippen LogP contribution in [0.2, 0.25) is 5.15 Å². The van der Waals surface area contributed by atoms with E-state index in [4.69, 9.17) is 36.3 Å². The molecule has 296 valence electrons. The molecule has 58 heavy (non-hydrogen) atoms. The van der Waals surface area contributed by atoms with Crippen LogP contribution in [-0.4, -0.2) is 65.9 Å². The Hall–Kier alpha value is -5.02. The third-order valence-electron chi connectivity index (χ3n) is 8.70. The smallest absolute Gasteiger partial charge is 0.168 e. The first-order valence-electron chi connectivity index (χ1n) is 17.7. The first kappa shape index (κ1) is 41.2. The number of nitrogens with one attached hydrogen (secondary N) is 1. The number of halogens is 4. The molecule has 14 nitrogen and oxygen atoms in total. The number of hydrogen-bond acceptors (Lipinski definition) is 12. The summed E-state index contributed by atoms with van der Waals surface area (Å²) in [4.78, 5) is 17.0. The van der Waals surface area contributed by atoms with Crippen molar-refractivity contribution in [1.82, 2.24) is 39.5 Å². The van der Waals surface area contributed by atoms with Crippen LogP contribution in [0.3, 0.4) is 0 Å². The van der Waals surface area contributed by atoms with Gasteiger partial charge in [-0.25, -0.2) is 29.3 Å². The number of fused-ring (bicyclic) bond motifs is 4. The van der Waals surface area contributed by atoms with E-state index in [2.05, 4.69) is 86.7 Å². The Balaban J connectivity index is 0.000000145. The highest BCUT2D eigenvalue weighted by Crippen LogP contribution is 2.32. The van der Waals surface area contributed by atoms with Crippen molar-refractivity contribution in [2.45, 2.75) is 13.1 Å². The molecule has 6 heterocycles. The quantitative estimate of drug-likeness (QED) is 0.122. The van der Waals surface area contributed by atoms with E-state index in [0.717, 1.165) is 74.9 Å². The molecule has 0 radical (unpaired) electrons. The molecule has 8 aromatic rings. The van der Waals surface area contributed by atoms with E-state index in [1.165, 1.54) is 6.33 Å². The van der Waals surface area contributed by atoms with Crippen LogP contribution in [0.4, 0.5) is 5.82 Å². The van der Waals surface area contributed by atoms with Crippen molar-refractivity contribution in [1.29, 1.82) is 0 Å². The zero-order chi connectivity index (χ0) is 39.1. The highest BCUT2D eigenvalue weighted by molar-refractivity contribution is 14.1. The fourth-order valence-corrected chi connectivity index (χ4v) is 7.22. The van der Waals surface area contributed by atoms with Crippen LogP contribution >= 0.6 is 69.2 Å². The lowest BCUT2D eigenvalue weighted by Gasteiger charge is -2.19. The molecule has 2 aliphatic rings. The van der Waals surface area contributed by atoms with Crippen molar-refractivity contribution in [3.8, 4) is 34.4 Å². The summed E-state index contributed by atoms with van der Waals surface area (Å²) in [5.41, 5.74) is 11.1. The van der Waals surface area contributed by atoms with E-state index in [9.17, 15) is 0 Å². The maximum atomic E-state index is 5.98. The molecule has 10 rings (SSSR count). The molecule has 2 aliphatic heterocycles. The van der Waals surface area contributed by atoms with Crippen molar-refractivity contribution in [2.75, 3.05) is 31.7 Å². The molecule has 0 fully saturated rings. The third-order valence-corrected chi connectivity index (χ3v) is 10.3. The van der Waals surface area contributed by atoms with Gasteiger partial charge >= 0.3 is 0 Å². The number of nitrogens with zero attached hydrogens (tertiary/aromatic N) is 8. The van der Waals surface area contributed by atoms with Crippen molar-refractivity contribution < 1.29 is 18.9 Å². The molecule has 3 N–H and O–H groups in total. The van der Waals surface area contributed by atoms with Gasteiger partial charge in [-0.2, -0.15) is 10.2 Å². The van der Waals surface area contributed by atoms with Crippen molar-refractivity contribution in [2.24, 2.45) is 5.73 Å². The van der Waals surface area contributed by atoms with E-state index < -0.39 is 0 Å². The molecule has 4 aromatic carbocycles. The van der Waals surface area contributed by atoms with Gasteiger partial charge < -0.3 is 30.0 Å². The Morgan fingerprint density at radius 1 is 0.621 bits per heavy atom. The number of rotatable bonds is 6. The van der Waals surface area contributed by atoms with Gasteiger partial charge in [0.05, 0.1) is 34.5 Å². The van der Waals surface area contributed by atoms with Gasteiger partial charge in [-0.05, 0) is 117 Å². The second-order valence-electron chi connectivity index (χ2n) is 12.4. The summed E-state index contributed by atoms with van der Waals surface area (Å²) in [6, 6.07) is 27.9. The number of anilines is 1. The van der Waals surface area contributed by atoms with E-state index in [1.807, 2.05) is 83.5 Å². The SMILES string of the molecule is Cl.Clc1ncnc2c1cnn2-c1cccc(I)c1.Ic1cccc(-n2ncc3c(NCc4ccc5c(c4)OCCO5)ncnc32)c1.NCc1ccc2c(c1)OCCO2. The van der Waals surface area contributed by atoms with Gasteiger partial charge in [0.15, 0.2) is 34.3 Å². The van der Waals surface area contributed by atoms with Crippen LogP contribution in [0.1, 0.15) is 11.1 Å². The van der Waals surface area contributed by atoms with E-state index in [1.54, 1.807) is 23.4 Å². The van der Waals surface area contributed by atoms with Gasteiger partial charge in [0.25, 0.3) is 0 Å². The molecular formula is C40H34Cl2I2N10O4. The summed E-state index contributed by atoms with van der Waals surface area (Å²) < 4.78 is 27.8. The first-order valence-corrected chi connectivity index (χ1v) is 20.2. The Labute approximate surface area is 371 Å². The minimum Gasteiger partial charge on any atom is -0.486 e. The third kappa shape index (κ3) is 9.47. The molecule has 0 saturated carbocycles. The molecule has 0 amide bonds. The van der Waals surface area contributed by atoms with E-state index in [-0.39, 0.29) is 12.4 Å². The summed E-state index contributed by atoms with van der Waals surface area (Å²) >= 11 is 10.5. The molecule has 4 aromatic heterocycles. The van der Waals surface area contributed by atoms with Gasteiger partial charge in [0.2, 0.25) is 0 Å². The maximum Gasteiger partial charge on any atom is 0.168 e. The fraction of sp³-hybridized carbons (Fsp3) is 0.150. The van der Waals surface area contributed by atoms with Crippen LogP contribution in [0, 0.1) is 7.14 Å². The van der Waals surface area contributed by atoms with Crippen LogP contribution in [-0.2, 0) is 13.1 Å². The summed E-state index contributed by atoms with van der Waals surface area (Å²) in [6.45, 7) is 3.58. The zero-order valence-corrected chi connectivity index (χ0v) is 36.4. The fourth-order valence-electron chi connectivity index (χ4n) is 5.99. The number of ether oxygens (including phenoxy) is 4. The highest BCUT2D eigenvalue weighted by Gasteiger charge is 2.15. The van der Waals surface area contributed by atoms with Crippen molar-refractivity contribution in [3.05, 3.63) is 133 Å². The van der Waals surface area contributed by atoms with Crippen LogP contribution < -0.4 is 30.0 Å². The predicted molar refractivity (Wildman–Crippen MR) is 241 cm³/mol. The Morgan fingerprint density at radius 3 is 1.72 bits per heavy atom. The maximum absolute atomic E-state index is 5.98. The molecule has 0 saturated heterocycles. The highest BCUT2D eigenvalue weighted by atomic mass is 127. The molecule has 0 spiro atoms. The van der Waals surface area contributed by atoms with Crippen molar-refractivity contribution in [3.63, 3.8) is 0 Å². The van der Waals surface area contributed by atoms with E-state index >= 15 is 0 Å². The van der Waals surface area contributed by atoms with Crippen LogP contribution in [0.15, 0.2) is 110 Å². The monoisotopic (exact) mass is 1040 g/mol. The normalized spacial score (nSPS) is 12.4. The average Bonchev–Trinajstić information content (AvgIpc) is 3.90. The van der Waals surface area contributed by atoms with Gasteiger partial charge in [0, 0.05) is 20.2 Å². The lowest BCUT2D eigenvalue weighted by atomic mass is 10.2. The zero-order valence-electron chi connectivity index (χ0n) is 30.5. The predicted octanol–water partition coefficient (Wildman–Crippen LogP) is 8.22. The van der Waals surface area contributed by atoms with Gasteiger partial charge in [-0.3, -0.25) is 0 Å². The van der Waals surface area contributed by atoms with Crippen LogP contribution in [0.25, 0.3) is 33.4 Å². The topological polar surface area (TPSA) is 162 Å². The Bertz CT molecular complexity index is 2680. The second-order valence-corrected chi connectivity index (χ2v) is 15.3. The van der Waals surface area contributed by atoms with Crippen LogP contribution in [0.5, 0.6) is 23.0 Å². The lowest BCUT2D eigenvalue weighted by molar-refractivity contribution is 0.171. The molecule has 0 aliphatic carbocycles. The number of aromatic nitrogens is 8. The first-order chi connectivity index (χ1) is 27.9. The second kappa shape index (κ2) is 19.2. The largest absolute Gasteiger partial charge is 0.486 e. The summed E-state index contributed by atoms with van der Waals surface area (Å²) in [5.74, 6) is 3.95. The summed E-state index contributed by atoms with van der Waals surface area (Å²) in [6.07, 6.45) is 6.47. The molecule has 18 heteroatoms. The van der Waals surface area contributed by atoms with E-state index in [0.29, 0.717) is 50.3 Å². The standard InChI is InChI=1S/C20H16IN5O2.C11H6ClIN4.C9H11NO2.ClH/c21-14-2-1-3-15(9-14)26-20-16(11-25-26)19(23-12-24-20)22-10-13-4-5-17-18(8-13)28-7-6-27-17;12-10-9-5-16-17(11(9)15-6-14-10)8-3-1-2-7(13)4-8;10-6-7-1-2-8-9(5-7)12-4-3-11-8;/h1-5,8-9,11-12H,6-7,10H2,(H,22,23,24);1-6H;1-2,5H,3-4,6,10H2;1H. The molecule has 0 atom stereocenters. The van der Waals surface area contributed by atoms with Gasteiger partial charge in [0.1, 0.15) is 50.1 Å². The lowest BCUT2D eigenvalue weighted by Crippen LogP contribution is -2.15. The number of nitrogens with two attached hydrogens (primary N) is 1. The Morgan fingerprint density at radius 2 is 1.14 bits per heavy atom. The van der Waals surface area contributed by atoms with Gasteiger partial charge in [-0.1, -0.05) is 35.9 Å². The summed E-state index contributed by atoms with van der Waals surface area (Å²) in [7, 11) is 0. The minimum atomic E-state index is 0. The average molecular weight is 1040 g/mol. The molecular weight excluding hydrogens is 1010 g/mol. The summed E-state index contributed by atoms with van der Waals surface area (Å²) in [5, 5.41) is 14.2. The molecule has 0 bridgehead atoms. The van der Waals surface area contributed by atoms with Crippen molar-refractivity contribution >= 4 is 97.1 Å².